The molecule has 14 nitrogen and oxygen atoms in total. The normalized spacial score (nSPS) is 31.4. The van der Waals surface area contributed by atoms with Gasteiger partial charge in [0, 0.05) is 6.42 Å². The molecule has 0 bridgehead atoms. The zero-order valence-electron chi connectivity index (χ0n) is 30.4. The Bertz CT molecular complexity index is 868. The fraction of sp³-hybridized carbons (Fsp3) is 0.972. The molecule has 2 aliphatic heterocycles. The molecule has 0 aromatic carbocycles. The van der Waals surface area contributed by atoms with E-state index in [2.05, 4.69) is 12.2 Å². The average Bonchev–Trinajstić information content (AvgIpc) is 3.10. The van der Waals surface area contributed by atoms with Crippen LogP contribution in [0.15, 0.2) is 0 Å². The number of carbonyl (C=O) groups excluding carboxylic acids is 1. The molecule has 1 amide bonds. The lowest BCUT2D eigenvalue weighted by Crippen LogP contribution is -2.65. The summed E-state index contributed by atoms with van der Waals surface area (Å²) in [6.45, 7) is 2.46. The molecule has 0 aromatic heterocycles. The molecule has 0 radical (unpaired) electrons. The first kappa shape index (κ1) is 45.1. The Hall–Kier alpha value is -1.01. The first-order valence-electron chi connectivity index (χ1n) is 19.3. The molecule has 0 aliphatic carbocycles. The van der Waals surface area contributed by atoms with Crippen molar-refractivity contribution in [3.63, 3.8) is 0 Å². The SMILES string of the molecule is CCCCCCCCCCCCCCCCCC(O)C(COC1OC(CO)C(OC2OC(CO)C(O)C(O)C2O)C(O)C1O)NC(=O)CCC. The molecule has 12 atom stereocenters. The van der Waals surface area contributed by atoms with E-state index in [1.165, 1.54) is 70.6 Å². The van der Waals surface area contributed by atoms with Gasteiger partial charge < -0.3 is 65.1 Å². The predicted molar refractivity (Wildman–Crippen MR) is 185 cm³/mol. The molecule has 2 fully saturated rings. The molecule has 0 aromatic rings. The van der Waals surface area contributed by atoms with Crippen LogP contribution in [0, 0.1) is 0 Å². The van der Waals surface area contributed by atoms with Crippen LogP contribution in [-0.4, -0.2) is 140 Å². The minimum atomic E-state index is -1.77. The summed E-state index contributed by atoms with van der Waals surface area (Å²) in [6.07, 6.45) is 3.08. The Labute approximate surface area is 298 Å². The highest BCUT2D eigenvalue weighted by atomic mass is 16.7. The quantitative estimate of drug-likeness (QED) is 0.0549. The van der Waals surface area contributed by atoms with E-state index in [-0.39, 0.29) is 18.9 Å². The van der Waals surface area contributed by atoms with E-state index in [0.717, 1.165) is 25.7 Å². The van der Waals surface area contributed by atoms with Gasteiger partial charge in [-0.15, -0.1) is 0 Å². The van der Waals surface area contributed by atoms with Gasteiger partial charge in [0.25, 0.3) is 0 Å². The third kappa shape index (κ3) is 15.5. The highest BCUT2D eigenvalue weighted by Crippen LogP contribution is 2.30. The number of nitrogens with one attached hydrogen (secondary N) is 1. The fourth-order valence-electron chi connectivity index (χ4n) is 6.57. The molecule has 14 heteroatoms. The van der Waals surface area contributed by atoms with Crippen molar-refractivity contribution in [2.75, 3.05) is 19.8 Å². The van der Waals surface area contributed by atoms with Crippen molar-refractivity contribution >= 4 is 5.91 Å². The number of carbonyl (C=O) groups is 1. The summed E-state index contributed by atoms with van der Waals surface area (Å²) in [5.74, 6) is -0.261. The minimum Gasteiger partial charge on any atom is -0.394 e. The van der Waals surface area contributed by atoms with Crippen LogP contribution < -0.4 is 5.32 Å². The second-order valence-corrected chi connectivity index (χ2v) is 14.1. The molecule has 50 heavy (non-hydrogen) atoms. The molecule has 9 N–H and O–H groups in total. The van der Waals surface area contributed by atoms with Crippen molar-refractivity contribution < 1.29 is 64.6 Å². The maximum absolute atomic E-state index is 12.5. The highest BCUT2D eigenvalue weighted by molar-refractivity contribution is 5.76. The lowest BCUT2D eigenvalue weighted by Gasteiger charge is -2.46. The summed E-state index contributed by atoms with van der Waals surface area (Å²) < 4.78 is 22.4. The first-order valence-corrected chi connectivity index (χ1v) is 19.3. The van der Waals surface area contributed by atoms with Gasteiger partial charge in [-0.1, -0.05) is 110 Å². The van der Waals surface area contributed by atoms with Crippen LogP contribution in [0.3, 0.4) is 0 Å². The largest absolute Gasteiger partial charge is 0.394 e. The molecule has 2 aliphatic rings. The van der Waals surface area contributed by atoms with Crippen molar-refractivity contribution in [2.45, 2.75) is 203 Å². The first-order chi connectivity index (χ1) is 24.1. The number of unbranched alkanes of at least 4 members (excludes halogenated alkanes) is 14. The number of ether oxygens (including phenoxy) is 4. The summed E-state index contributed by atoms with van der Waals surface area (Å²) in [4.78, 5) is 12.5. The van der Waals surface area contributed by atoms with Gasteiger partial charge in [0.05, 0.1) is 32.0 Å². The van der Waals surface area contributed by atoms with Gasteiger partial charge in [-0.3, -0.25) is 4.79 Å². The number of hydrogen-bond acceptors (Lipinski definition) is 13. The lowest BCUT2D eigenvalue weighted by atomic mass is 9.97. The second kappa shape index (κ2) is 25.9. The summed E-state index contributed by atoms with van der Waals surface area (Å²) >= 11 is 0. The molecule has 0 spiro atoms. The van der Waals surface area contributed by atoms with Crippen LogP contribution in [0.4, 0.5) is 0 Å². The topological polar surface area (TPSA) is 228 Å². The van der Waals surface area contributed by atoms with Gasteiger partial charge in [0.2, 0.25) is 5.91 Å². The minimum absolute atomic E-state index is 0.250. The summed E-state index contributed by atoms with van der Waals surface area (Å²) in [5, 5.41) is 85.4. The second-order valence-electron chi connectivity index (χ2n) is 14.1. The Balaban J connectivity index is 1.79. The molecule has 2 rings (SSSR count). The molecule has 0 saturated carbocycles. The monoisotopic (exact) mass is 723 g/mol. The maximum Gasteiger partial charge on any atom is 0.220 e. The Morgan fingerprint density at radius 1 is 0.640 bits per heavy atom. The summed E-state index contributed by atoms with van der Waals surface area (Å²) in [6, 6.07) is -0.815. The van der Waals surface area contributed by atoms with E-state index in [4.69, 9.17) is 18.9 Å². The lowest BCUT2D eigenvalue weighted by molar-refractivity contribution is -0.359. The molecule has 296 valence electrons. The van der Waals surface area contributed by atoms with Gasteiger partial charge in [-0.2, -0.15) is 0 Å². The van der Waals surface area contributed by atoms with E-state index in [1.807, 2.05) is 6.92 Å². The summed E-state index contributed by atoms with van der Waals surface area (Å²) in [5.41, 5.74) is 0. The Kier molecular flexibility index (Phi) is 23.4. The number of aliphatic hydroxyl groups excluding tert-OH is 8. The molecule has 12 unspecified atom stereocenters. The van der Waals surface area contributed by atoms with Gasteiger partial charge in [0.15, 0.2) is 12.6 Å². The zero-order valence-corrected chi connectivity index (χ0v) is 30.4. The molecular weight excluding hydrogens is 654 g/mol. The van der Waals surface area contributed by atoms with E-state index >= 15 is 0 Å². The van der Waals surface area contributed by atoms with Crippen molar-refractivity contribution in [3.8, 4) is 0 Å². The third-order valence-corrected chi connectivity index (χ3v) is 9.79. The van der Waals surface area contributed by atoms with Gasteiger partial charge in [0.1, 0.15) is 48.8 Å². The number of amides is 1. The van der Waals surface area contributed by atoms with Crippen molar-refractivity contribution in [1.82, 2.24) is 5.32 Å². The zero-order chi connectivity index (χ0) is 36.9. The van der Waals surface area contributed by atoms with E-state index in [0.29, 0.717) is 12.8 Å². The van der Waals surface area contributed by atoms with Crippen molar-refractivity contribution in [3.05, 3.63) is 0 Å². The van der Waals surface area contributed by atoms with Crippen LogP contribution in [0.1, 0.15) is 129 Å². The molecule has 2 saturated heterocycles. The van der Waals surface area contributed by atoms with E-state index in [9.17, 15) is 45.6 Å². The third-order valence-electron chi connectivity index (χ3n) is 9.79. The van der Waals surface area contributed by atoms with Crippen LogP contribution in [0.2, 0.25) is 0 Å². The maximum atomic E-state index is 12.5. The van der Waals surface area contributed by atoms with E-state index in [1.54, 1.807) is 0 Å². The Morgan fingerprint density at radius 2 is 1.14 bits per heavy atom. The predicted octanol–water partition coefficient (Wildman–Crippen LogP) is 1.53. The van der Waals surface area contributed by atoms with Crippen molar-refractivity contribution in [2.24, 2.45) is 0 Å². The molecular formula is C36H69NO13. The standard InChI is InChI=1S/C36H69NO13/c1-3-5-6-7-8-9-10-11-12-13-14-15-16-17-18-20-25(40)24(37-28(41)19-4-2)23-47-35-33(46)31(44)34(27(22-39)49-35)50-36-32(45)30(43)29(42)26(21-38)48-36/h24-27,29-36,38-40,42-46H,3-23H2,1-2H3,(H,37,41). The molecule has 2 heterocycles. The van der Waals surface area contributed by atoms with Crippen LogP contribution in [0.5, 0.6) is 0 Å². The van der Waals surface area contributed by atoms with Crippen LogP contribution in [-0.2, 0) is 23.7 Å². The summed E-state index contributed by atoms with van der Waals surface area (Å²) in [7, 11) is 0. The number of aliphatic hydroxyl groups is 8. The van der Waals surface area contributed by atoms with Gasteiger partial charge in [-0.05, 0) is 12.8 Å². The van der Waals surface area contributed by atoms with Gasteiger partial charge >= 0.3 is 0 Å². The average molecular weight is 724 g/mol. The number of rotatable bonds is 27. The smallest absolute Gasteiger partial charge is 0.220 e. The van der Waals surface area contributed by atoms with E-state index < -0.39 is 86.8 Å². The van der Waals surface area contributed by atoms with Crippen molar-refractivity contribution in [1.29, 1.82) is 0 Å². The van der Waals surface area contributed by atoms with Gasteiger partial charge in [-0.25, -0.2) is 0 Å². The van der Waals surface area contributed by atoms with Crippen LogP contribution in [0.25, 0.3) is 0 Å². The highest BCUT2D eigenvalue weighted by Gasteiger charge is 2.50. The van der Waals surface area contributed by atoms with Crippen LogP contribution >= 0.6 is 0 Å². The number of hydrogen-bond donors (Lipinski definition) is 9. The Morgan fingerprint density at radius 3 is 1.66 bits per heavy atom. The fourth-order valence-corrected chi connectivity index (χ4v) is 6.57.